The monoisotopic (exact) mass is 252 g/mol. The molecule has 98 valence electrons. The van der Waals surface area contributed by atoms with Gasteiger partial charge >= 0.3 is 5.97 Å². The molecule has 18 heavy (non-hydrogen) atoms. The number of rotatable bonds is 4. The van der Waals surface area contributed by atoms with Crippen molar-refractivity contribution in [2.45, 2.75) is 32.1 Å². The van der Waals surface area contributed by atoms with Crippen LogP contribution < -0.4 is 4.74 Å². The van der Waals surface area contributed by atoms with Crippen molar-refractivity contribution in [1.82, 2.24) is 0 Å². The summed E-state index contributed by atoms with van der Waals surface area (Å²) in [6, 6.07) is 4.88. The van der Waals surface area contributed by atoms with Crippen LogP contribution in [0, 0.1) is 11.2 Å². The molecule has 1 N–H and O–H groups in total. The number of carboxylic acid groups (broad SMARTS) is 1. The summed E-state index contributed by atoms with van der Waals surface area (Å²) in [6.45, 7) is 0. The standard InChI is InChI=1S/C14H17FO3/c1-18-11-6-4-5-10(12(11)15)9-14(13(16)17)7-2-3-8-14/h4-6H,2-3,7-9H2,1H3,(H,16,17). The fourth-order valence-corrected chi connectivity index (χ4v) is 2.73. The minimum absolute atomic E-state index is 0.172. The third-order valence-electron chi connectivity index (χ3n) is 3.81. The molecule has 1 aromatic carbocycles. The van der Waals surface area contributed by atoms with Crippen molar-refractivity contribution < 1.29 is 19.0 Å². The van der Waals surface area contributed by atoms with Gasteiger partial charge in [0.05, 0.1) is 12.5 Å². The van der Waals surface area contributed by atoms with E-state index in [2.05, 4.69) is 0 Å². The van der Waals surface area contributed by atoms with Crippen LogP contribution in [0.25, 0.3) is 0 Å². The van der Waals surface area contributed by atoms with Gasteiger partial charge in [0.15, 0.2) is 11.6 Å². The van der Waals surface area contributed by atoms with Crippen LogP contribution >= 0.6 is 0 Å². The lowest BCUT2D eigenvalue weighted by Gasteiger charge is -2.24. The zero-order valence-corrected chi connectivity index (χ0v) is 10.4. The van der Waals surface area contributed by atoms with E-state index >= 15 is 0 Å². The first-order valence-electron chi connectivity index (χ1n) is 6.14. The zero-order valence-electron chi connectivity index (χ0n) is 10.4. The molecule has 0 heterocycles. The Balaban J connectivity index is 2.30. The number of halogens is 1. The summed E-state index contributed by atoms with van der Waals surface area (Å²) in [5, 5.41) is 9.39. The van der Waals surface area contributed by atoms with Gasteiger partial charge < -0.3 is 9.84 Å². The maximum Gasteiger partial charge on any atom is 0.309 e. The average molecular weight is 252 g/mol. The highest BCUT2D eigenvalue weighted by molar-refractivity contribution is 5.75. The van der Waals surface area contributed by atoms with Crippen molar-refractivity contribution in [2.75, 3.05) is 7.11 Å². The summed E-state index contributed by atoms with van der Waals surface area (Å²) in [6.07, 6.45) is 3.29. The number of hydrogen-bond acceptors (Lipinski definition) is 2. The van der Waals surface area contributed by atoms with E-state index in [-0.39, 0.29) is 12.2 Å². The lowest BCUT2D eigenvalue weighted by molar-refractivity contribution is -0.148. The van der Waals surface area contributed by atoms with Crippen molar-refractivity contribution in [2.24, 2.45) is 5.41 Å². The molecule has 0 aromatic heterocycles. The van der Waals surface area contributed by atoms with Crippen LogP contribution in [-0.2, 0) is 11.2 Å². The summed E-state index contributed by atoms with van der Waals surface area (Å²) >= 11 is 0. The molecule has 0 radical (unpaired) electrons. The highest BCUT2D eigenvalue weighted by Crippen LogP contribution is 2.42. The van der Waals surface area contributed by atoms with Crippen LogP contribution in [-0.4, -0.2) is 18.2 Å². The van der Waals surface area contributed by atoms with E-state index in [1.807, 2.05) is 0 Å². The molecule has 4 heteroatoms. The van der Waals surface area contributed by atoms with Gasteiger partial charge in [-0.25, -0.2) is 4.39 Å². The van der Waals surface area contributed by atoms with Crippen molar-refractivity contribution in [3.8, 4) is 5.75 Å². The molecule has 0 aliphatic heterocycles. The summed E-state index contributed by atoms with van der Waals surface area (Å²) in [5.41, 5.74) is -0.369. The third-order valence-corrected chi connectivity index (χ3v) is 3.81. The molecule has 1 fully saturated rings. The van der Waals surface area contributed by atoms with Crippen LogP contribution in [0.3, 0.4) is 0 Å². The normalized spacial score (nSPS) is 17.7. The Labute approximate surface area is 106 Å². The predicted molar refractivity (Wildman–Crippen MR) is 65.2 cm³/mol. The Kier molecular flexibility index (Phi) is 3.55. The molecule has 0 spiro atoms. The van der Waals surface area contributed by atoms with E-state index in [9.17, 15) is 14.3 Å². The Morgan fingerprint density at radius 2 is 2.11 bits per heavy atom. The minimum atomic E-state index is -0.817. The number of ether oxygens (including phenoxy) is 1. The second-order valence-corrected chi connectivity index (χ2v) is 4.90. The van der Waals surface area contributed by atoms with Gasteiger partial charge in [-0.1, -0.05) is 25.0 Å². The fraction of sp³-hybridized carbons (Fsp3) is 0.500. The van der Waals surface area contributed by atoms with E-state index in [1.54, 1.807) is 18.2 Å². The number of carbonyl (C=O) groups is 1. The van der Waals surface area contributed by atoms with Crippen LogP contribution in [0.1, 0.15) is 31.2 Å². The van der Waals surface area contributed by atoms with E-state index in [0.717, 1.165) is 12.8 Å². The molecule has 1 aliphatic carbocycles. The smallest absolute Gasteiger partial charge is 0.309 e. The van der Waals surface area contributed by atoms with Crippen LogP contribution in [0.15, 0.2) is 18.2 Å². The van der Waals surface area contributed by atoms with Crippen molar-refractivity contribution >= 4 is 5.97 Å². The summed E-state index contributed by atoms with van der Waals surface area (Å²) in [7, 11) is 1.41. The van der Waals surface area contributed by atoms with Gasteiger partial charge in [-0.05, 0) is 30.9 Å². The van der Waals surface area contributed by atoms with Crippen LogP contribution in [0.4, 0.5) is 4.39 Å². The molecule has 0 saturated heterocycles. The Hall–Kier alpha value is -1.58. The Bertz CT molecular complexity index is 450. The number of methoxy groups -OCH3 is 1. The Morgan fingerprint density at radius 1 is 1.44 bits per heavy atom. The largest absolute Gasteiger partial charge is 0.494 e. The highest BCUT2D eigenvalue weighted by atomic mass is 19.1. The number of carboxylic acids is 1. The fourth-order valence-electron chi connectivity index (χ4n) is 2.73. The first-order chi connectivity index (χ1) is 8.59. The van der Waals surface area contributed by atoms with Crippen molar-refractivity contribution in [3.63, 3.8) is 0 Å². The first-order valence-corrected chi connectivity index (χ1v) is 6.14. The molecule has 0 atom stereocenters. The second kappa shape index (κ2) is 4.96. The van der Waals surface area contributed by atoms with E-state index in [1.165, 1.54) is 7.11 Å². The van der Waals surface area contributed by atoms with Gasteiger partial charge in [0.1, 0.15) is 0 Å². The maximum atomic E-state index is 14.0. The lowest BCUT2D eigenvalue weighted by Crippen LogP contribution is -2.30. The maximum absolute atomic E-state index is 14.0. The van der Waals surface area contributed by atoms with Gasteiger partial charge in [-0.15, -0.1) is 0 Å². The van der Waals surface area contributed by atoms with Gasteiger partial charge in [-0.3, -0.25) is 4.79 Å². The number of benzene rings is 1. The predicted octanol–water partition coefficient (Wildman–Crippen LogP) is 3.02. The second-order valence-electron chi connectivity index (χ2n) is 4.90. The number of aliphatic carboxylic acids is 1. The van der Waals surface area contributed by atoms with Gasteiger partial charge in [-0.2, -0.15) is 0 Å². The molecule has 0 unspecified atom stereocenters. The molecule has 0 bridgehead atoms. The first kappa shape index (κ1) is 12.9. The van der Waals surface area contributed by atoms with Gasteiger partial charge in [0, 0.05) is 0 Å². The molecule has 2 rings (SSSR count). The summed E-state index contributed by atoms with van der Waals surface area (Å²) < 4.78 is 19.0. The average Bonchev–Trinajstić information content (AvgIpc) is 2.82. The molecule has 0 amide bonds. The molecular weight excluding hydrogens is 235 g/mol. The zero-order chi connectivity index (χ0) is 13.2. The molecule has 1 aromatic rings. The van der Waals surface area contributed by atoms with E-state index < -0.39 is 17.2 Å². The molecular formula is C14H17FO3. The summed E-state index contributed by atoms with van der Waals surface area (Å²) in [4.78, 5) is 11.4. The van der Waals surface area contributed by atoms with Gasteiger partial charge in [0.2, 0.25) is 0 Å². The molecule has 1 aliphatic rings. The van der Waals surface area contributed by atoms with Crippen LogP contribution in [0.5, 0.6) is 5.75 Å². The highest BCUT2D eigenvalue weighted by Gasteiger charge is 2.41. The van der Waals surface area contributed by atoms with E-state index in [4.69, 9.17) is 4.74 Å². The minimum Gasteiger partial charge on any atom is -0.494 e. The van der Waals surface area contributed by atoms with Crippen molar-refractivity contribution in [1.29, 1.82) is 0 Å². The topological polar surface area (TPSA) is 46.5 Å². The number of hydrogen-bond donors (Lipinski definition) is 1. The lowest BCUT2D eigenvalue weighted by atomic mass is 9.80. The third kappa shape index (κ3) is 2.19. The van der Waals surface area contributed by atoms with E-state index in [0.29, 0.717) is 18.4 Å². The van der Waals surface area contributed by atoms with Crippen LogP contribution in [0.2, 0.25) is 0 Å². The van der Waals surface area contributed by atoms with Gasteiger partial charge in [0.25, 0.3) is 0 Å². The molecule has 3 nitrogen and oxygen atoms in total. The Morgan fingerprint density at radius 3 is 2.67 bits per heavy atom. The molecule has 1 saturated carbocycles. The summed E-state index contributed by atoms with van der Waals surface area (Å²) in [5.74, 6) is -1.08. The quantitative estimate of drug-likeness (QED) is 0.896. The SMILES string of the molecule is COc1cccc(CC2(C(=O)O)CCCC2)c1F. The van der Waals surface area contributed by atoms with Crippen molar-refractivity contribution in [3.05, 3.63) is 29.6 Å².